The zero-order valence-electron chi connectivity index (χ0n) is 9.20. The van der Waals surface area contributed by atoms with Crippen molar-refractivity contribution in [2.24, 2.45) is 5.92 Å². The molecule has 0 saturated carbocycles. The molecule has 14 heavy (non-hydrogen) atoms. The monoisotopic (exact) mass is 214 g/mol. The number of hydrogen-bond acceptors (Lipinski definition) is 1. The molecule has 1 heterocycles. The van der Waals surface area contributed by atoms with Crippen LogP contribution in [0, 0.1) is 5.92 Å². The molecule has 2 nitrogen and oxygen atoms in total. The number of nitrogens with zero attached hydrogens (tertiary/aromatic N) is 2. The van der Waals surface area contributed by atoms with Gasteiger partial charge in [0.25, 0.3) is 0 Å². The summed E-state index contributed by atoms with van der Waals surface area (Å²) in [5.41, 5.74) is 1.12. The van der Waals surface area contributed by atoms with E-state index in [1.807, 2.05) is 12.5 Å². The molecule has 1 rings (SSSR count). The summed E-state index contributed by atoms with van der Waals surface area (Å²) in [7, 11) is 0. The van der Waals surface area contributed by atoms with Gasteiger partial charge in [-0.15, -0.1) is 11.6 Å². The van der Waals surface area contributed by atoms with Crippen molar-refractivity contribution >= 4 is 11.6 Å². The molecule has 80 valence electrons. The maximum atomic E-state index is 5.85. The van der Waals surface area contributed by atoms with E-state index >= 15 is 0 Å². The topological polar surface area (TPSA) is 17.8 Å². The molecular weight excluding hydrogens is 196 g/mol. The van der Waals surface area contributed by atoms with Crippen LogP contribution >= 0.6 is 11.6 Å². The average Bonchev–Trinajstić information content (AvgIpc) is 2.67. The van der Waals surface area contributed by atoms with Gasteiger partial charge >= 0.3 is 0 Å². The van der Waals surface area contributed by atoms with E-state index in [4.69, 9.17) is 11.6 Å². The Kier molecular flexibility index (Phi) is 4.46. The molecule has 0 aliphatic heterocycles. The number of halogens is 1. The summed E-state index contributed by atoms with van der Waals surface area (Å²) in [6.45, 7) is 6.72. The first kappa shape index (κ1) is 11.6. The Bertz CT molecular complexity index is 266. The van der Waals surface area contributed by atoms with Crippen LogP contribution in [0.15, 0.2) is 12.5 Å². The second-order valence-electron chi connectivity index (χ2n) is 3.74. The largest absolute Gasteiger partial charge is 0.330 e. The summed E-state index contributed by atoms with van der Waals surface area (Å²) in [6.07, 6.45) is 6.15. The predicted molar refractivity (Wildman–Crippen MR) is 60.6 cm³/mol. The normalized spacial score (nSPS) is 13.5. The van der Waals surface area contributed by atoms with Crippen molar-refractivity contribution in [2.75, 3.05) is 0 Å². The highest BCUT2D eigenvalue weighted by Gasteiger charge is 2.16. The Morgan fingerprint density at radius 1 is 1.43 bits per heavy atom. The third-order valence-corrected chi connectivity index (χ3v) is 3.33. The van der Waals surface area contributed by atoms with Gasteiger partial charge in [-0.1, -0.05) is 26.7 Å². The lowest BCUT2D eigenvalue weighted by Crippen LogP contribution is -2.16. The van der Waals surface area contributed by atoms with Crippen LogP contribution in [-0.4, -0.2) is 9.55 Å². The Labute approximate surface area is 91.3 Å². The van der Waals surface area contributed by atoms with Gasteiger partial charge in [0.15, 0.2) is 0 Å². The van der Waals surface area contributed by atoms with Crippen molar-refractivity contribution in [2.45, 2.75) is 45.5 Å². The molecule has 0 saturated heterocycles. The third-order valence-electron chi connectivity index (χ3n) is 3.05. The van der Waals surface area contributed by atoms with Gasteiger partial charge in [0.2, 0.25) is 0 Å². The van der Waals surface area contributed by atoms with Gasteiger partial charge < -0.3 is 4.57 Å². The summed E-state index contributed by atoms with van der Waals surface area (Å²) in [5.74, 6) is 1.26. The van der Waals surface area contributed by atoms with E-state index < -0.39 is 0 Å². The predicted octanol–water partition coefficient (Wildman–Crippen LogP) is 3.62. The quantitative estimate of drug-likeness (QED) is 0.685. The summed E-state index contributed by atoms with van der Waals surface area (Å²) in [5, 5.41) is 0. The van der Waals surface area contributed by atoms with E-state index in [0.717, 1.165) is 5.69 Å². The maximum absolute atomic E-state index is 5.85. The first-order valence-electron chi connectivity index (χ1n) is 5.31. The fourth-order valence-electron chi connectivity index (χ4n) is 2.00. The fourth-order valence-corrected chi connectivity index (χ4v) is 2.21. The summed E-state index contributed by atoms with van der Waals surface area (Å²) in [6, 6.07) is 0.501. The molecule has 1 unspecified atom stereocenters. The van der Waals surface area contributed by atoms with Gasteiger partial charge in [-0.2, -0.15) is 0 Å². The lowest BCUT2D eigenvalue weighted by molar-refractivity contribution is 0.329. The van der Waals surface area contributed by atoms with Crippen LogP contribution in [0.25, 0.3) is 0 Å². The molecule has 0 fully saturated rings. The lowest BCUT2D eigenvalue weighted by Gasteiger charge is -2.24. The molecule has 0 amide bonds. The molecule has 0 aliphatic carbocycles. The van der Waals surface area contributed by atoms with E-state index in [1.54, 1.807) is 0 Å². The number of imidazole rings is 1. The van der Waals surface area contributed by atoms with Crippen LogP contribution in [0.5, 0.6) is 0 Å². The van der Waals surface area contributed by atoms with Crippen molar-refractivity contribution in [3.63, 3.8) is 0 Å². The van der Waals surface area contributed by atoms with Crippen LogP contribution in [0.4, 0.5) is 0 Å². The highest BCUT2D eigenvalue weighted by atomic mass is 35.5. The second-order valence-corrected chi connectivity index (χ2v) is 4.01. The van der Waals surface area contributed by atoms with Gasteiger partial charge in [-0.05, 0) is 12.8 Å². The molecule has 0 spiro atoms. The molecule has 1 aromatic heterocycles. The number of rotatable bonds is 5. The molecule has 0 N–H and O–H groups in total. The molecule has 3 heteroatoms. The third kappa shape index (κ3) is 2.30. The second kappa shape index (κ2) is 5.40. The average molecular weight is 215 g/mol. The molecule has 1 atom stereocenters. The Hall–Kier alpha value is -0.500. The van der Waals surface area contributed by atoms with Gasteiger partial charge in [-0.3, -0.25) is 0 Å². The lowest BCUT2D eigenvalue weighted by atomic mass is 9.95. The molecule has 0 bridgehead atoms. The molecule has 0 aliphatic rings. The first-order chi connectivity index (χ1) is 6.74. The van der Waals surface area contributed by atoms with Crippen molar-refractivity contribution < 1.29 is 0 Å². The first-order valence-corrected chi connectivity index (χ1v) is 5.84. The van der Waals surface area contributed by atoms with Crippen LogP contribution in [0.1, 0.15) is 45.3 Å². The van der Waals surface area contributed by atoms with Gasteiger partial charge in [-0.25, -0.2) is 4.98 Å². The number of alkyl halides is 1. The van der Waals surface area contributed by atoms with Gasteiger partial charge in [0, 0.05) is 12.2 Å². The molecule has 0 aromatic carbocycles. The van der Waals surface area contributed by atoms with Crippen LogP contribution < -0.4 is 0 Å². The van der Waals surface area contributed by atoms with Crippen molar-refractivity contribution in [3.8, 4) is 0 Å². The molecule has 0 radical (unpaired) electrons. The highest BCUT2D eigenvalue weighted by Crippen LogP contribution is 2.25. The number of hydrogen-bond donors (Lipinski definition) is 0. The van der Waals surface area contributed by atoms with Gasteiger partial charge in [0.05, 0.1) is 17.9 Å². The summed E-state index contributed by atoms with van der Waals surface area (Å²) < 4.78 is 2.20. The summed E-state index contributed by atoms with van der Waals surface area (Å²) in [4.78, 5) is 4.14. The SMILES string of the molecule is CCC(CC)C(C)n1cncc1CCl. The molecular formula is C11H19ClN2. The van der Waals surface area contributed by atoms with E-state index in [0.29, 0.717) is 17.8 Å². The van der Waals surface area contributed by atoms with Crippen LogP contribution in [0.2, 0.25) is 0 Å². The molecule has 1 aromatic rings. The van der Waals surface area contributed by atoms with E-state index in [9.17, 15) is 0 Å². The zero-order valence-corrected chi connectivity index (χ0v) is 9.96. The standard InChI is InChI=1S/C11H19ClN2/c1-4-10(5-2)9(3)14-8-13-7-11(14)6-12/h7-10H,4-6H2,1-3H3. The fraction of sp³-hybridized carbons (Fsp3) is 0.727. The van der Waals surface area contributed by atoms with Crippen molar-refractivity contribution in [3.05, 3.63) is 18.2 Å². The Balaban J connectivity index is 2.81. The Morgan fingerprint density at radius 2 is 2.07 bits per heavy atom. The summed E-state index contributed by atoms with van der Waals surface area (Å²) >= 11 is 5.85. The van der Waals surface area contributed by atoms with Crippen LogP contribution in [0.3, 0.4) is 0 Å². The van der Waals surface area contributed by atoms with Crippen LogP contribution in [-0.2, 0) is 5.88 Å². The Morgan fingerprint density at radius 3 is 2.57 bits per heavy atom. The van der Waals surface area contributed by atoms with Crippen molar-refractivity contribution in [1.29, 1.82) is 0 Å². The van der Waals surface area contributed by atoms with E-state index in [-0.39, 0.29) is 0 Å². The minimum Gasteiger partial charge on any atom is -0.330 e. The smallest absolute Gasteiger partial charge is 0.0951 e. The van der Waals surface area contributed by atoms with E-state index in [2.05, 4.69) is 30.3 Å². The minimum atomic E-state index is 0.501. The zero-order chi connectivity index (χ0) is 10.6. The van der Waals surface area contributed by atoms with E-state index in [1.165, 1.54) is 12.8 Å². The minimum absolute atomic E-state index is 0.501. The van der Waals surface area contributed by atoms with Gasteiger partial charge in [0.1, 0.15) is 0 Å². The maximum Gasteiger partial charge on any atom is 0.0951 e. The van der Waals surface area contributed by atoms with Crippen molar-refractivity contribution in [1.82, 2.24) is 9.55 Å². The highest BCUT2D eigenvalue weighted by molar-refractivity contribution is 6.16. The number of aromatic nitrogens is 2.